The first-order valence-electron chi connectivity index (χ1n) is 9.34. The zero-order chi connectivity index (χ0) is 19.8. The molecule has 0 aliphatic carbocycles. The molecule has 2 heterocycles. The van der Waals surface area contributed by atoms with Crippen LogP contribution in [0, 0.1) is 13.8 Å². The average Bonchev–Trinajstić information content (AvgIpc) is 2.66. The second kappa shape index (κ2) is 7.41. The van der Waals surface area contributed by atoms with E-state index in [-0.39, 0.29) is 17.9 Å². The van der Waals surface area contributed by atoms with Crippen molar-refractivity contribution < 1.29 is 4.79 Å². The highest BCUT2D eigenvalue weighted by atomic mass is 35.5. The quantitative estimate of drug-likeness (QED) is 0.709. The zero-order valence-corrected chi connectivity index (χ0v) is 16.7. The molecule has 0 spiro atoms. The summed E-state index contributed by atoms with van der Waals surface area (Å²) in [4.78, 5) is 30.9. The number of carbonyl (C=O) groups excluding carboxylic acids is 1. The molecular weight excluding hydrogens is 374 g/mol. The molecule has 0 atom stereocenters. The minimum atomic E-state index is -0.0684. The third-order valence-electron chi connectivity index (χ3n) is 5.32. The highest BCUT2D eigenvalue weighted by molar-refractivity contribution is 6.31. The van der Waals surface area contributed by atoms with Crippen LogP contribution in [0.4, 0.5) is 5.69 Å². The first-order valence-corrected chi connectivity index (χ1v) is 9.72. The lowest BCUT2D eigenvalue weighted by Crippen LogP contribution is -2.39. The molecule has 1 aromatic heterocycles. The molecule has 28 heavy (non-hydrogen) atoms. The third kappa shape index (κ3) is 3.55. The zero-order valence-electron chi connectivity index (χ0n) is 15.9. The van der Waals surface area contributed by atoms with Crippen LogP contribution in [0.2, 0.25) is 5.02 Å². The molecule has 2 N–H and O–H groups in total. The van der Waals surface area contributed by atoms with Crippen LogP contribution in [-0.2, 0) is 17.8 Å². The van der Waals surface area contributed by atoms with E-state index in [2.05, 4.69) is 10.3 Å². The molecule has 0 unspecified atom stereocenters. The molecule has 5 nitrogen and oxygen atoms in total. The topological polar surface area (TPSA) is 65.2 Å². The first-order chi connectivity index (χ1) is 13.4. The number of nitrogens with zero attached hydrogens (tertiary/aromatic N) is 1. The number of aromatic nitrogens is 1. The van der Waals surface area contributed by atoms with Gasteiger partial charge in [0.1, 0.15) is 0 Å². The van der Waals surface area contributed by atoms with Crippen LogP contribution in [0.1, 0.15) is 22.4 Å². The van der Waals surface area contributed by atoms with Crippen LogP contribution in [-0.4, -0.2) is 28.9 Å². The normalized spacial score (nSPS) is 14.1. The van der Waals surface area contributed by atoms with Crippen molar-refractivity contribution in [1.82, 2.24) is 9.88 Å². The lowest BCUT2D eigenvalue weighted by atomic mass is 10.0. The first kappa shape index (κ1) is 18.7. The number of rotatable bonds is 3. The fourth-order valence-corrected chi connectivity index (χ4v) is 4.00. The fourth-order valence-electron chi connectivity index (χ4n) is 3.83. The van der Waals surface area contributed by atoms with Gasteiger partial charge in [-0.1, -0.05) is 29.8 Å². The molecule has 0 radical (unpaired) electrons. The largest absolute Gasteiger partial charge is 0.358 e. The van der Waals surface area contributed by atoms with Crippen LogP contribution < -0.4 is 10.7 Å². The molecule has 1 aliphatic heterocycles. The summed E-state index contributed by atoms with van der Waals surface area (Å²) in [6.07, 6.45) is 0.708. The van der Waals surface area contributed by atoms with E-state index in [4.69, 9.17) is 11.6 Å². The summed E-state index contributed by atoms with van der Waals surface area (Å²) in [5, 5.41) is 4.15. The van der Waals surface area contributed by atoms with Gasteiger partial charge in [0.15, 0.2) is 5.43 Å². The summed E-state index contributed by atoms with van der Waals surface area (Å²) in [5.41, 5.74) is 5.41. The summed E-state index contributed by atoms with van der Waals surface area (Å²) >= 11 is 6.06. The van der Waals surface area contributed by atoms with E-state index in [9.17, 15) is 9.59 Å². The molecular formula is C22H22ClN3O2. The van der Waals surface area contributed by atoms with E-state index in [0.29, 0.717) is 23.4 Å². The van der Waals surface area contributed by atoms with Crippen molar-refractivity contribution >= 4 is 34.1 Å². The van der Waals surface area contributed by atoms with Crippen LogP contribution in [0.3, 0.4) is 0 Å². The number of aromatic amines is 1. The van der Waals surface area contributed by atoms with Crippen molar-refractivity contribution in [3.63, 3.8) is 0 Å². The van der Waals surface area contributed by atoms with E-state index in [0.717, 1.165) is 40.1 Å². The van der Waals surface area contributed by atoms with Crippen molar-refractivity contribution in [1.29, 1.82) is 0 Å². The summed E-state index contributed by atoms with van der Waals surface area (Å²) in [6, 6.07) is 11.3. The van der Waals surface area contributed by atoms with Gasteiger partial charge in [0.05, 0.1) is 6.54 Å². The fraction of sp³-hybridized carbons (Fsp3) is 0.273. The number of aryl methyl sites for hydroxylation is 2. The van der Waals surface area contributed by atoms with Gasteiger partial charge < -0.3 is 10.3 Å². The Balaban J connectivity index is 1.54. The Morgan fingerprint density at radius 1 is 1.21 bits per heavy atom. The van der Waals surface area contributed by atoms with Gasteiger partial charge in [-0.15, -0.1) is 0 Å². The third-order valence-corrected chi connectivity index (χ3v) is 5.56. The predicted octanol–water partition coefficient (Wildman–Crippen LogP) is 3.80. The molecule has 0 saturated heterocycles. The minimum Gasteiger partial charge on any atom is -0.358 e. The smallest absolute Gasteiger partial charge is 0.238 e. The molecule has 6 heteroatoms. The van der Waals surface area contributed by atoms with Crippen molar-refractivity contribution in [2.24, 2.45) is 0 Å². The molecule has 1 amide bonds. The van der Waals surface area contributed by atoms with Gasteiger partial charge in [-0.2, -0.15) is 0 Å². The monoisotopic (exact) mass is 395 g/mol. The van der Waals surface area contributed by atoms with E-state index < -0.39 is 0 Å². The standard InChI is InChI=1S/C22H22ClN3O2/c1-13-4-3-5-14(2)21(13)25-20(27)12-26-9-8-19-17(11-26)22(28)16-10-15(23)6-7-18(16)24-19/h3-7,10H,8-9,11-12H2,1-2H3,(H,24,28)(H,25,27). The summed E-state index contributed by atoms with van der Waals surface area (Å²) < 4.78 is 0. The number of fused-ring (bicyclic) bond motifs is 2. The summed E-state index contributed by atoms with van der Waals surface area (Å²) in [6.45, 7) is 5.39. The van der Waals surface area contributed by atoms with Gasteiger partial charge in [0.2, 0.25) is 5.91 Å². The molecule has 144 valence electrons. The van der Waals surface area contributed by atoms with Gasteiger partial charge in [0.25, 0.3) is 0 Å². The lowest BCUT2D eigenvalue weighted by molar-refractivity contribution is -0.117. The second-order valence-electron chi connectivity index (χ2n) is 7.38. The Labute approximate surface area is 168 Å². The summed E-state index contributed by atoms with van der Waals surface area (Å²) in [5.74, 6) is -0.0684. The molecule has 0 saturated carbocycles. The summed E-state index contributed by atoms with van der Waals surface area (Å²) in [7, 11) is 0. The van der Waals surface area contributed by atoms with Crippen LogP contribution in [0.5, 0.6) is 0 Å². The maximum absolute atomic E-state index is 12.9. The van der Waals surface area contributed by atoms with Gasteiger partial charge in [-0.05, 0) is 43.2 Å². The Bertz CT molecular complexity index is 1120. The predicted molar refractivity (Wildman–Crippen MR) is 113 cm³/mol. The number of halogens is 1. The Hall–Kier alpha value is -2.63. The van der Waals surface area contributed by atoms with E-state index in [1.165, 1.54) is 0 Å². The van der Waals surface area contributed by atoms with Crippen molar-refractivity contribution in [3.05, 3.63) is 74.0 Å². The van der Waals surface area contributed by atoms with Crippen LogP contribution in [0.25, 0.3) is 10.9 Å². The van der Waals surface area contributed by atoms with Gasteiger partial charge in [0, 0.05) is 52.4 Å². The van der Waals surface area contributed by atoms with Gasteiger partial charge >= 0.3 is 0 Å². The SMILES string of the molecule is Cc1cccc(C)c1NC(=O)CN1CCc2[nH]c3ccc(Cl)cc3c(=O)c2C1. The number of carbonyl (C=O) groups is 1. The lowest BCUT2D eigenvalue weighted by Gasteiger charge is -2.28. The minimum absolute atomic E-state index is 0.00823. The number of nitrogens with one attached hydrogen (secondary N) is 2. The maximum atomic E-state index is 12.9. The van der Waals surface area contributed by atoms with Crippen molar-refractivity contribution in [2.45, 2.75) is 26.8 Å². The highest BCUT2D eigenvalue weighted by Crippen LogP contribution is 2.22. The van der Waals surface area contributed by atoms with Crippen molar-refractivity contribution in [2.75, 3.05) is 18.4 Å². The molecule has 2 aromatic carbocycles. The van der Waals surface area contributed by atoms with E-state index >= 15 is 0 Å². The second-order valence-corrected chi connectivity index (χ2v) is 7.81. The van der Waals surface area contributed by atoms with E-state index in [1.54, 1.807) is 12.1 Å². The van der Waals surface area contributed by atoms with Crippen molar-refractivity contribution in [3.8, 4) is 0 Å². The molecule has 0 fully saturated rings. The Morgan fingerprint density at radius 2 is 1.96 bits per heavy atom. The number of pyridine rings is 1. The maximum Gasteiger partial charge on any atom is 0.238 e. The number of amides is 1. The highest BCUT2D eigenvalue weighted by Gasteiger charge is 2.23. The number of para-hydroxylation sites is 1. The number of H-pyrrole nitrogens is 1. The van der Waals surface area contributed by atoms with Crippen LogP contribution in [0.15, 0.2) is 41.2 Å². The van der Waals surface area contributed by atoms with Crippen LogP contribution >= 0.6 is 11.6 Å². The Morgan fingerprint density at radius 3 is 2.71 bits per heavy atom. The van der Waals surface area contributed by atoms with E-state index in [1.807, 2.05) is 43.0 Å². The number of hydrogen-bond acceptors (Lipinski definition) is 3. The Kier molecular flexibility index (Phi) is 4.96. The molecule has 3 aromatic rings. The van der Waals surface area contributed by atoms with Gasteiger partial charge in [-0.25, -0.2) is 0 Å². The molecule has 4 rings (SSSR count). The number of anilines is 1. The average molecular weight is 396 g/mol. The number of hydrogen-bond donors (Lipinski definition) is 2. The molecule has 0 bridgehead atoms. The van der Waals surface area contributed by atoms with Gasteiger partial charge in [-0.3, -0.25) is 14.5 Å². The number of benzene rings is 2. The molecule has 1 aliphatic rings.